The van der Waals surface area contributed by atoms with Gasteiger partial charge < -0.3 is 4.74 Å². The Balaban J connectivity index is 1.75. The number of carbonyl (C=O) groups is 1. The van der Waals surface area contributed by atoms with Gasteiger partial charge in [0.1, 0.15) is 12.9 Å². The highest BCUT2D eigenvalue weighted by molar-refractivity contribution is 7.15. The molecule has 6 heteroatoms. The van der Waals surface area contributed by atoms with Crippen molar-refractivity contribution in [3.8, 4) is 5.75 Å². The molecule has 1 aromatic carbocycles. The zero-order valence-electron chi connectivity index (χ0n) is 9.75. The summed E-state index contributed by atoms with van der Waals surface area (Å²) in [6, 6.07) is 4.10. The summed E-state index contributed by atoms with van der Waals surface area (Å²) in [5.74, 6) is -0.437. The van der Waals surface area contributed by atoms with Gasteiger partial charge in [0.25, 0.3) is 0 Å². The molecule has 0 amide bonds. The number of thiazole rings is 1. The summed E-state index contributed by atoms with van der Waals surface area (Å²) in [7, 11) is 0. The summed E-state index contributed by atoms with van der Waals surface area (Å²) in [4.78, 5) is 15.7. The van der Waals surface area contributed by atoms with Crippen LogP contribution in [0.1, 0.15) is 16.1 Å². The van der Waals surface area contributed by atoms with E-state index >= 15 is 0 Å². The first-order valence-electron chi connectivity index (χ1n) is 5.55. The number of hydrogen-bond acceptors (Lipinski definition) is 4. The highest BCUT2D eigenvalue weighted by Crippen LogP contribution is 2.19. The Hall–Kier alpha value is -2.21. The third kappa shape index (κ3) is 2.34. The van der Waals surface area contributed by atoms with Crippen LogP contribution in [-0.2, 0) is 6.61 Å². The van der Waals surface area contributed by atoms with E-state index in [1.165, 1.54) is 23.5 Å². The molecule has 4 nitrogen and oxygen atoms in total. The molecule has 0 atom stereocenters. The molecule has 19 heavy (non-hydrogen) atoms. The number of carbonyl (C=O) groups excluding carboxylic acids is 1. The fourth-order valence-electron chi connectivity index (χ4n) is 1.70. The molecule has 0 N–H and O–H groups in total. The van der Waals surface area contributed by atoms with Gasteiger partial charge in [-0.3, -0.25) is 9.20 Å². The second-order valence-corrected chi connectivity index (χ2v) is 4.79. The van der Waals surface area contributed by atoms with Gasteiger partial charge in [-0.1, -0.05) is 0 Å². The molecular weight excluding hydrogens is 267 g/mol. The average molecular weight is 276 g/mol. The standard InChI is InChI=1S/C13H9FN2O2S/c14-11-5-9(7-17)1-2-12(11)18-8-10-6-16-3-4-19-13(16)15-10/h1-7H,8H2. The summed E-state index contributed by atoms with van der Waals surface area (Å²) in [6.07, 6.45) is 4.33. The van der Waals surface area contributed by atoms with E-state index in [-0.39, 0.29) is 17.9 Å². The number of imidazole rings is 1. The van der Waals surface area contributed by atoms with Crippen LogP contribution in [0.2, 0.25) is 0 Å². The van der Waals surface area contributed by atoms with E-state index in [0.717, 1.165) is 16.7 Å². The van der Waals surface area contributed by atoms with E-state index in [4.69, 9.17) is 4.74 Å². The highest BCUT2D eigenvalue weighted by atomic mass is 32.1. The number of aldehydes is 1. The van der Waals surface area contributed by atoms with Gasteiger partial charge in [0.15, 0.2) is 16.5 Å². The third-order valence-corrected chi connectivity index (χ3v) is 3.38. The van der Waals surface area contributed by atoms with Crippen molar-refractivity contribution in [1.29, 1.82) is 0 Å². The van der Waals surface area contributed by atoms with E-state index in [1.54, 1.807) is 0 Å². The van der Waals surface area contributed by atoms with Crippen molar-refractivity contribution in [3.05, 3.63) is 53.0 Å². The summed E-state index contributed by atoms with van der Waals surface area (Å²) in [5, 5.41) is 1.94. The lowest BCUT2D eigenvalue weighted by Gasteiger charge is -2.05. The van der Waals surface area contributed by atoms with Crippen LogP contribution in [0.3, 0.4) is 0 Å². The van der Waals surface area contributed by atoms with Crippen LogP contribution in [0, 0.1) is 5.82 Å². The number of aromatic nitrogens is 2. The summed E-state index contributed by atoms with van der Waals surface area (Å²) in [6.45, 7) is 0.186. The number of benzene rings is 1. The Morgan fingerprint density at radius 2 is 2.37 bits per heavy atom. The Labute approximate surface area is 112 Å². The van der Waals surface area contributed by atoms with Gasteiger partial charge >= 0.3 is 0 Å². The highest BCUT2D eigenvalue weighted by Gasteiger charge is 2.07. The van der Waals surface area contributed by atoms with Crippen molar-refractivity contribution in [3.63, 3.8) is 0 Å². The monoisotopic (exact) mass is 276 g/mol. The average Bonchev–Trinajstić information content (AvgIpc) is 2.98. The van der Waals surface area contributed by atoms with Crippen LogP contribution in [0.5, 0.6) is 5.75 Å². The normalized spacial score (nSPS) is 10.8. The Morgan fingerprint density at radius 3 is 3.11 bits per heavy atom. The van der Waals surface area contributed by atoms with Gasteiger partial charge in [0, 0.05) is 23.3 Å². The predicted octanol–water partition coefficient (Wildman–Crippen LogP) is 2.93. The molecule has 0 saturated carbocycles. The van der Waals surface area contributed by atoms with Gasteiger partial charge in [0.05, 0.1) is 5.69 Å². The molecule has 0 aliphatic rings. The third-order valence-electron chi connectivity index (χ3n) is 2.61. The molecule has 0 bridgehead atoms. The maximum Gasteiger partial charge on any atom is 0.193 e. The van der Waals surface area contributed by atoms with E-state index in [9.17, 15) is 9.18 Å². The Kier molecular flexibility index (Phi) is 3.00. The number of hydrogen-bond donors (Lipinski definition) is 0. The number of rotatable bonds is 4. The van der Waals surface area contributed by atoms with Gasteiger partial charge in [-0.25, -0.2) is 9.37 Å². The van der Waals surface area contributed by atoms with Crippen molar-refractivity contribution in [1.82, 2.24) is 9.38 Å². The molecule has 0 fully saturated rings. The molecule has 0 unspecified atom stereocenters. The van der Waals surface area contributed by atoms with Crippen LogP contribution in [-0.4, -0.2) is 15.7 Å². The molecule has 0 spiro atoms. The van der Waals surface area contributed by atoms with Crippen molar-refractivity contribution in [2.45, 2.75) is 6.61 Å². The lowest BCUT2D eigenvalue weighted by Crippen LogP contribution is -1.98. The smallest absolute Gasteiger partial charge is 0.193 e. The summed E-state index contributed by atoms with van der Waals surface area (Å²) >= 11 is 1.52. The largest absolute Gasteiger partial charge is 0.484 e. The van der Waals surface area contributed by atoms with E-state index < -0.39 is 5.82 Å². The molecule has 0 saturated heterocycles. The molecule has 3 rings (SSSR count). The van der Waals surface area contributed by atoms with E-state index in [2.05, 4.69) is 4.98 Å². The fraction of sp³-hybridized carbons (Fsp3) is 0.0769. The van der Waals surface area contributed by atoms with Crippen LogP contribution in [0.25, 0.3) is 4.96 Å². The Bertz CT molecular complexity index is 707. The lowest BCUT2D eigenvalue weighted by molar-refractivity contribution is 0.112. The van der Waals surface area contributed by atoms with Crippen LogP contribution in [0.15, 0.2) is 36.0 Å². The number of nitrogens with zero attached hydrogens (tertiary/aromatic N) is 2. The first kappa shape index (κ1) is 11.9. The van der Waals surface area contributed by atoms with Gasteiger partial charge in [-0.2, -0.15) is 0 Å². The molecule has 96 valence electrons. The SMILES string of the molecule is O=Cc1ccc(OCc2cn3ccsc3n2)c(F)c1. The minimum absolute atomic E-state index is 0.113. The second kappa shape index (κ2) is 4.81. The predicted molar refractivity (Wildman–Crippen MR) is 69.2 cm³/mol. The quantitative estimate of drug-likeness (QED) is 0.688. The molecule has 3 aromatic rings. The van der Waals surface area contributed by atoms with Crippen LogP contribution < -0.4 is 4.74 Å². The van der Waals surface area contributed by atoms with Crippen molar-refractivity contribution < 1.29 is 13.9 Å². The molecule has 2 heterocycles. The van der Waals surface area contributed by atoms with Gasteiger partial charge in [-0.15, -0.1) is 11.3 Å². The van der Waals surface area contributed by atoms with Gasteiger partial charge in [0.2, 0.25) is 0 Å². The minimum atomic E-state index is -0.550. The maximum absolute atomic E-state index is 13.6. The molecular formula is C13H9FN2O2S. The Morgan fingerprint density at radius 1 is 1.47 bits per heavy atom. The first-order chi connectivity index (χ1) is 9.26. The molecule has 0 radical (unpaired) electrons. The van der Waals surface area contributed by atoms with E-state index in [0.29, 0.717) is 6.29 Å². The molecule has 0 aliphatic heterocycles. The zero-order valence-corrected chi connectivity index (χ0v) is 10.6. The number of ether oxygens (including phenoxy) is 1. The maximum atomic E-state index is 13.6. The topological polar surface area (TPSA) is 43.6 Å². The van der Waals surface area contributed by atoms with Crippen molar-refractivity contribution in [2.24, 2.45) is 0 Å². The minimum Gasteiger partial charge on any atom is -0.484 e. The summed E-state index contributed by atoms with van der Waals surface area (Å²) in [5.41, 5.74) is 1.01. The van der Waals surface area contributed by atoms with Crippen molar-refractivity contribution >= 4 is 22.6 Å². The van der Waals surface area contributed by atoms with Crippen LogP contribution >= 0.6 is 11.3 Å². The molecule has 2 aromatic heterocycles. The zero-order chi connectivity index (χ0) is 13.2. The van der Waals surface area contributed by atoms with Gasteiger partial charge in [-0.05, 0) is 18.2 Å². The molecule has 0 aliphatic carbocycles. The first-order valence-corrected chi connectivity index (χ1v) is 6.43. The number of halogens is 1. The van der Waals surface area contributed by atoms with Crippen molar-refractivity contribution in [2.75, 3.05) is 0 Å². The van der Waals surface area contributed by atoms with E-state index in [1.807, 2.05) is 22.2 Å². The lowest BCUT2D eigenvalue weighted by atomic mass is 10.2. The fourth-order valence-corrected chi connectivity index (χ4v) is 2.42. The number of fused-ring (bicyclic) bond motifs is 1. The summed E-state index contributed by atoms with van der Waals surface area (Å²) < 4.78 is 20.8. The second-order valence-electron chi connectivity index (χ2n) is 3.92. The van der Waals surface area contributed by atoms with Crippen LogP contribution in [0.4, 0.5) is 4.39 Å².